The Morgan fingerprint density at radius 3 is 2.56 bits per heavy atom. The van der Waals surface area contributed by atoms with Crippen LogP contribution in [0.2, 0.25) is 5.15 Å². The lowest BCUT2D eigenvalue weighted by atomic mass is 10.1. The molecule has 0 fully saturated rings. The van der Waals surface area contributed by atoms with Gasteiger partial charge in [0.25, 0.3) is 0 Å². The van der Waals surface area contributed by atoms with Gasteiger partial charge in [-0.25, -0.2) is 9.97 Å². The van der Waals surface area contributed by atoms with Crippen LogP contribution >= 0.6 is 43.5 Å². The third-order valence-corrected chi connectivity index (χ3v) is 4.83. The van der Waals surface area contributed by atoms with Crippen molar-refractivity contribution < 1.29 is 0 Å². The quantitative estimate of drug-likeness (QED) is 0.659. The maximum absolute atomic E-state index is 6.11. The first-order chi connectivity index (χ1) is 8.52. The Morgan fingerprint density at radius 2 is 1.94 bits per heavy atom. The molecular weight excluding hydrogens is 379 g/mol. The predicted octanol–water partition coefficient (Wildman–Crippen LogP) is 5.19. The molecule has 0 aliphatic rings. The van der Waals surface area contributed by atoms with Crippen LogP contribution in [0, 0.1) is 6.92 Å². The maximum Gasteiger partial charge on any atom is 0.161 e. The molecule has 0 atom stereocenters. The molecular formula is C13H11Br2ClN2. The highest BCUT2D eigenvalue weighted by atomic mass is 79.9. The number of rotatable bonds is 2. The van der Waals surface area contributed by atoms with Gasteiger partial charge in [0.05, 0.1) is 10.2 Å². The first-order valence-corrected chi connectivity index (χ1v) is 7.47. The monoisotopic (exact) mass is 388 g/mol. The van der Waals surface area contributed by atoms with Gasteiger partial charge in [0, 0.05) is 10.0 Å². The van der Waals surface area contributed by atoms with Gasteiger partial charge in [0.15, 0.2) is 5.82 Å². The topological polar surface area (TPSA) is 25.8 Å². The fourth-order valence-electron chi connectivity index (χ4n) is 1.56. The van der Waals surface area contributed by atoms with Crippen molar-refractivity contribution in [3.63, 3.8) is 0 Å². The second-order valence-electron chi connectivity index (χ2n) is 3.92. The third-order valence-electron chi connectivity index (χ3n) is 2.64. The van der Waals surface area contributed by atoms with Gasteiger partial charge in [-0.3, -0.25) is 0 Å². The minimum atomic E-state index is 0.452. The standard InChI is InChI=1S/C13H11Br2ClN2/c1-3-10-11(15)12(16)18-13(17-10)8-5-4-7(2)9(14)6-8/h4-6H,3H2,1-2H3. The van der Waals surface area contributed by atoms with Crippen LogP contribution in [0.1, 0.15) is 18.2 Å². The minimum absolute atomic E-state index is 0.452. The van der Waals surface area contributed by atoms with E-state index in [2.05, 4.69) is 41.8 Å². The lowest BCUT2D eigenvalue weighted by molar-refractivity contribution is 0.990. The van der Waals surface area contributed by atoms with Crippen molar-refractivity contribution in [2.24, 2.45) is 0 Å². The highest BCUT2D eigenvalue weighted by molar-refractivity contribution is 9.10. The molecule has 0 unspecified atom stereocenters. The van der Waals surface area contributed by atoms with Gasteiger partial charge in [-0.15, -0.1) is 0 Å². The molecule has 5 heteroatoms. The van der Waals surface area contributed by atoms with E-state index < -0.39 is 0 Å². The van der Waals surface area contributed by atoms with E-state index in [0.717, 1.165) is 26.6 Å². The van der Waals surface area contributed by atoms with Gasteiger partial charge in [0.1, 0.15) is 5.15 Å². The molecule has 0 saturated heterocycles. The molecule has 1 heterocycles. The number of benzene rings is 1. The van der Waals surface area contributed by atoms with Crippen LogP contribution in [0.15, 0.2) is 27.1 Å². The first-order valence-electron chi connectivity index (χ1n) is 5.51. The number of aryl methyl sites for hydroxylation is 2. The van der Waals surface area contributed by atoms with Crippen molar-refractivity contribution in [1.82, 2.24) is 9.97 Å². The number of aromatic nitrogens is 2. The molecule has 0 radical (unpaired) electrons. The molecule has 2 aromatic rings. The highest BCUT2D eigenvalue weighted by Gasteiger charge is 2.11. The van der Waals surface area contributed by atoms with E-state index in [9.17, 15) is 0 Å². The van der Waals surface area contributed by atoms with Crippen molar-refractivity contribution >= 4 is 43.5 Å². The Labute approximate surface area is 128 Å². The van der Waals surface area contributed by atoms with Crippen LogP contribution in [0.3, 0.4) is 0 Å². The van der Waals surface area contributed by atoms with E-state index in [1.165, 1.54) is 5.56 Å². The fraction of sp³-hybridized carbons (Fsp3) is 0.231. The SMILES string of the molecule is CCc1nc(-c2ccc(C)c(Br)c2)nc(Cl)c1Br. The van der Waals surface area contributed by atoms with Crippen molar-refractivity contribution in [1.29, 1.82) is 0 Å². The van der Waals surface area contributed by atoms with E-state index in [0.29, 0.717) is 11.0 Å². The first kappa shape index (κ1) is 14.0. The number of nitrogens with zero attached hydrogens (tertiary/aromatic N) is 2. The van der Waals surface area contributed by atoms with Crippen LogP contribution in [-0.2, 0) is 6.42 Å². The van der Waals surface area contributed by atoms with E-state index in [1.54, 1.807) is 0 Å². The van der Waals surface area contributed by atoms with Crippen molar-refractivity contribution in [3.05, 3.63) is 43.6 Å². The molecule has 0 N–H and O–H groups in total. The Bertz CT molecular complexity index is 600. The molecule has 2 rings (SSSR count). The van der Waals surface area contributed by atoms with Crippen LogP contribution in [0.5, 0.6) is 0 Å². The fourth-order valence-corrected chi connectivity index (χ4v) is 2.58. The van der Waals surface area contributed by atoms with E-state index in [4.69, 9.17) is 11.6 Å². The van der Waals surface area contributed by atoms with Gasteiger partial charge < -0.3 is 0 Å². The van der Waals surface area contributed by atoms with Crippen molar-refractivity contribution in [2.45, 2.75) is 20.3 Å². The normalized spacial score (nSPS) is 10.7. The smallest absolute Gasteiger partial charge is 0.161 e. The van der Waals surface area contributed by atoms with Gasteiger partial charge in [-0.2, -0.15) is 0 Å². The molecule has 1 aromatic carbocycles. The van der Waals surface area contributed by atoms with Gasteiger partial charge in [-0.1, -0.05) is 46.6 Å². The molecule has 94 valence electrons. The van der Waals surface area contributed by atoms with Crippen molar-refractivity contribution in [3.8, 4) is 11.4 Å². The van der Waals surface area contributed by atoms with Gasteiger partial charge >= 0.3 is 0 Å². The second kappa shape index (κ2) is 5.68. The summed E-state index contributed by atoms with van der Waals surface area (Å²) >= 11 is 13.0. The number of hydrogen-bond acceptors (Lipinski definition) is 2. The van der Waals surface area contributed by atoms with Crippen LogP contribution < -0.4 is 0 Å². The van der Waals surface area contributed by atoms with Gasteiger partial charge in [-0.05, 0) is 40.9 Å². The zero-order valence-electron chi connectivity index (χ0n) is 9.97. The molecule has 0 aliphatic carbocycles. The van der Waals surface area contributed by atoms with Crippen LogP contribution in [0.25, 0.3) is 11.4 Å². The average Bonchev–Trinajstić information content (AvgIpc) is 2.36. The molecule has 0 bridgehead atoms. The largest absolute Gasteiger partial charge is 0.232 e. The van der Waals surface area contributed by atoms with E-state index in [1.807, 2.05) is 32.0 Å². The zero-order valence-corrected chi connectivity index (χ0v) is 13.9. The maximum atomic E-state index is 6.11. The summed E-state index contributed by atoms with van der Waals surface area (Å²) in [5.74, 6) is 0.653. The minimum Gasteiger partial charge on any atom is -0.232 e. The third kappa shape index (κ3) is 2.76. The Hall–Kier alpha value is -0.450. The lowest BCUT2D eigenvalue weighted by Crippen LogP contribution is -1.97. The summed E-state index contributed by atoms with van der Waals surface area (Å²) in [6.45, 7) is 4.08. The predicted molar refractivity (Wildman–Crippen MR) is 82.0 cm³/mol. The molecule has 0 saturated carbocycles. The summed E-state index contributed by atoms with van der Waals surface area (Å²) < 4.78 is 1.82. The molecule has 18 heavy (non-hydrogen) atoms. The Balaban J connectivity index is 2.57. The summed E-state index contributed by atoms with van der Waals surface area (Å²) in [5, 5.41) is 0.452. The summed E-state index contributed by atoms with van der Waals surface area (Å²) in [7, 11) is 0. The average molecular weight is 391 g/mol. The van der Waals surface area contributed by atoms with Gasteiger partial charge in [0.2, 0.25) is 0 Å². The molecule has 0 spiro atoms. The highest BCUT2D eigenvalue weighted by Crippen LogP contribution is 2.29. The molecule has 0 amide bonds. The summed E-state index contributed by atoms with van der Waals surface area (Å²) in [6.07, 6.45) is 0.808. The van der Waals surface area contributed by atoms with Crippen LogP contribution in [0.4, 0.5) is 0 Å². The molecule has 2 nitrogen and oxygen atoms in total. The Kier molecular flexibility index (Phi) is 4.41. The van der Waals surface area contributed by atoms with Crippen molar-refractivity contribution in [2.75, 3.05) is 0 Å². The molecule has 0 aliphatic heterocycles. The second-order valence-corrected chi connectivity index (χ2v) is 5.92. The Morgan fingerprint density at radius 1 is 1.22 bits per heavy atom. The van der Waals surface area contributed by atoms with E-state index in [-0.39, 0.29) is 0 Å². The lowest BCUT2D eigenvalue weighted by Gasteiger charge is -2.07. The summed E-state index contributed by atoms with van der Waals surface area (Å²) in [4.78, 5) is 8.84. The summed E-state index contributed by atoms with van der Waals surface area (Å²) in [6, 6.07) is 6.04. The number of hydrogen-bond donors (Lipinski definition) is 0. The number of halogens is 3. The van der Waals surface area contributed by atoms with Crippen LogP contribution in [-0.4, -0.2) is 9.97 Å². The van der Waals surface area contributed by atoms with E-state index >= 15 is 0 Å². The zero-order chi connectivity index (χ0) is 13.3. The summed E-state index contributed by atoms with van der Waals surface area (Å²) in [5.41, 5.74) is 3.05. The molecule has 1 aromatic heterocycles.